The smallest absolute Gasteiger partial charge is 0.308 e. The van der Waals surface area contributed by atoms with E-state index in [0.29, 0.717) is 30.9 Å². The SMILES string of the molecule is CC1CC(C(=O)O)CN(C(=O)C2CC3CCCCC3N2C(=O)c2ccccc2)C1. The van der Waals surface area contributed by atoms with Gasteiger partial charge in [0.25, 0.3) is 5.91 Å². The first-order valence-electron chi connectivity index (χ1n) is 10.8. The molecule has 2 saturated heterocycles. The van der Waals surface area contributed by atoms with Crippen molar-refractivity contribution in [3.63, 3.8) is 0 Å². The van der Waals surface area contributed by atoms with Gasteiger partial charge in [-0.3, -0.25) is 14.4 Å². The number of rotatable bonds is 3. The number of carboxylic acid groups (broad SMARTS) is 1. The molecule has 0 aromatic heterocycles. The van der Waals surface area contributed by atoms with Gasteiger partial charge in [-0.05, 0) is 49.7 Å². The fourth-order valence-corrected chi connectivity index (χ4v) is 5.62. The lowest BCUT2D eigenvalue weighted by Crippen LogP contribution is -2.54. The zero-order chi connectivity index (χ0) is 20.5. The van der Waals surface area contributed by atoms with Crippen LogP contribution < -0.4 is 0 Å². The van der Waals surface area contributed by atoms with Gasteiger partial charge in [-0.2, -0.15) is 0 Å². The molecule has 0 radical (unpaired) electrons. The average Bonchev–Trinajstić information content (AvgIpc) is 3.12. The molecule has 2 aliphatic heterocycles. The van der Waals surface area contributed by atoms with Crippen molar-refractivity contribution >= 4 is 17.8 Å². The number of hydrogen-bond donors (Lipinski definition) is 1. The normalized spacial score (nSPS) is 32.0. The standard InChI is InChI=1S/C23H30N2O4/c1-15-11-18(23(28)29)14-24(13-15)22(27)20-12-17-9-5-6-10-19(17)25(20)21(26)16-7-3-2-4-8-16/h2-4,7-8,15,17-20H,5-6,9-14H2,1H3,(H,28,29). The molecule has 1 aromatic rings. The third kappa shape index (κ3) is 3.89. The van der Waals surface area contributed by atoms with Gasteiger partial charge < -0.3 is 14.9 Å². The van der Waals surface area contributed by atoms with E-state index in [0.717, 1.165) is 25.7 Å². The van der Waals surface area contributed by atoms with Crippen LogP contribution in [0.5, 0.6) is 0 Å². The minimum atomic E-state index is -0.841. The molecular weight excluding hydrogens is 368 g/mol. The second kappa shape index (κ2) is 8.17. The maximum absolute atomic E-state index is 13.5. The number of aliphatic carboxylic acids is 1. The number of carbonyl (C=O) groups is 3. The number of likely N-dealkylation sites (tertiary alicyclic amines) is 2. The van der Waals surface area contributed by atoms with Crippen LogP contribution in [-0.2, 0) is 9.59 Å². The summed E-state index contributed by atoms with van der Waals surface area (Å²) in [4.78, 5) is 42.0. The van der Waals surface area contributed by atoms with Gasteiger partial charge in [-0.15, -0.1) is 0 Å². The van der Waals surface area contributed by atoms with Gasteiger partial charge in [0.15, 0.2) is 0 Å². The topological polar surface area (TPSA) is 77.9 Å². The number of nitrogens with zero attached hydrogens (tertiary/aromatic N) is 2. The molecule has 1 saturated carbocycles. The van der Waals surface area contributed by atoms with Gasteiger partial charge in [0.05, 0.1) is 5.92 Å². The van der Waals surface area contributed by atoms with Crippen molar-refractivity contribution in [1.82, 2.24) is 9.80 Å². The van der Waals surface area contributed by atoms with Crippen LogP contribution in [-0.4, -0.2) is 57.9 Å². The van der Waals surface area contributed by atoms with Crippen LogP contribution in [0.3, 0.4) is 0 Å². The Morgan fingerprint density at radius 1 is 1.00 bits per heavy atom. The molecule has 1 N–H and O–H groups in total. The Bertz CT molecular complexity index is 780. The van der Waals surface area contributed by atoms with E-state index in [2.05, 4.69) is 0 Å². The largest absolute Gasteiger partial charge is 0.481 e. The Kier molecular flexibility index (Phi) is 5.61. The number of carbonyl (C=O) groups excluding carboxylic acids is 2. The highest BCUT2D eigenvalue weighted by Gasteiger charge is 2.49. The van der Waals surface area contributed by atoms with Crippen LogP contribution in [0.1, 0.15) is 55.8 Å². The maximum Gasteiger partial charge on any atom is 0.308 e. The summed E-state index contributed by atoms with van der Waals surface area (Å²) in [6, 6.07) is 8.84. The summed E-state index contributed by atoms with van der Waals surface area (Å²) in [6.07, 6.45) is 5.54. The summed E-state index contributed by atoms with van der Waals surface area (Å²) in [5, 5.41) is 9.48. The van der Waals surface area contributed by atoms with Gasteiger partial charge in [0.2, 0.25) is 5.91 Å². The minimum absolute atomic E-state index is 0.0681. The molecule has 5 atom stereocenters. The van der Waals surface area contributed by atoms with Gasteiger partial charge >= 0.3 is 5.97 Å². The first-order valence-corrected chi connectivity index (χ1v) is 10.8. The van der Waals surface area contributed by atoms with Gasteiger partial charge in [0, 0.05) is 24.7 Å². The molecule has 4 rings (SSSR count). The van der Waals surface area contributed by atoms with Crippen molar-refractivity contribution in [2.45, 2.75) is 57.5 Å². The molecule has 2 heterocycles. The quantitative estimate of drug-likeness (QED) is 0.849. The Labute approximate surface area is 171 Å². The summed E-state index contributed by atoms with van der Waals surface area (Å²) >= 11 is 0. The number of fused-ring (bicyclic) bond motifs is 1. The van der Waals surface area contributed by atoms with E-state index >= 15 is 0 Å². The number of benzene rings is 1. The third-order valence-electron chi connectivity index (χ3n) is 6.95. The number of amides is 2. The summed E-state index contributed by atoms with van der Waals surface area (Å²) in [7, 11) is 0. The molecule has 3 aliphatic rings. The highest BCUT2D eigenvalue weighted by Crippen LogP contribution is 2.41. The molecule has 0 spiro atoms. The monoisotopic (exact) mass is 398 g/mol. The molecule has 156 valence electrons. The summed E-state index contributed by atoms with van der Waals surface area (Å²) in [6.45, 7) is 2.82. The second-order valence-corrected chi connectivity index (χ2v) is 9.06. The van der Waals surface area contributed by atoms with Crippen molar-refractivity contribution in [2.75, 3.05) is 13.1 Å². The Hall–Kier alpha value is -2.37. The van der Waals surface area contributed by atoms with E-state index in [-0.39, 0.29) is 30.3 Å². The lowest BCUT2D eigenvalue weighted by Gasteiger charge is -2.39. The Morgan fingerprint density at radius 2 is 1.72 bits per heavy atom. The van der Waals surface area contributed by atoms with Crippen LogP contribution in [0.4, 0.5) is 0 Å². The van der Waals surface area contributed by atoms with E-state index in [9.17, 15) is 19.5 Å². The maximum atomic E-state index is 13.5. The predicted octanol–water partition coefficient (Wildman–Crippen LogP) is 3.03. The van der Waals surface area contributed by atoms with Gasteiger partial charge in [0.1, 0.15) is 6.04 Å². The average molecular weight is 399 g/mol. The molecule has 6 nitrogen and oxygen atoms in total. The zero-order valence-electron chi connectivity index (χ0n) is 17.0. The van der Waals surface area contributed by atoms with E-state index in [1.54, 1.807) is 4.90 Å². The molecule has 2 amide bonds. The third-order valence-corrected chi connectivity index (χ3v) is 6.95. The molecule has 5 unspecified atom stereocenters. The molecule has 1 aliphatic carbocycles. The number of hydrogen-bond acceptors (Lipinski definition) is 3. The van der Waals surface area contributed by atoms with Crippen LogP contribution >= 0.6 is 0 Å². The van der Waals surface area contributed by atoms with Crippen molar-refractivity contribution in [3.05, 3.63) is 35.9 Å². The van der Waals surface area contributed by atoms with Gasteiger partial charge in [-0.25, -0.2) is 0 Å². The number of piperidine rings is 1. The van der Waals surface area contributed by atoms with Gasteiger partial charge in [-0.1, -0.05) is 38.0 Å². The summed E-state index contributed by atoms with van der Waals surface area (Å²) < 4.78 is 0. The fourth-order valence-electron chi connectivity index (χ4n) is 5.62. The van der Waals surface area contributed by atoms with E-state index in [1.165, 1.54) is 0 Å². The lowest BCUT2D eigenvalue weighted by atomic mass is 9.84. The fraction of sp³-hybridized carbons (Fsp3) is 0.609. The first kappa shape index (κ1) is 19.9. The highest BCUT2D eigenvalue weighted by molar-refractivity contribution is 5.98. The Balaban J connectivity index is 1.60. The minimum Gasteiger partial charge on any atom is -0.481 e. The molecule has 29 heavy (non-hydrogen) atoms. The first-order chi connectivity index (χ1) is 14.0. The van der Waals surface area contributed by atoms with Crippen molar-refractivity contribution in [1.29, 1.82) is 0 Å². The zero-order valence-corrected chi connectivity index (χ0v) is 17.0. The van der Waals surface area contributed by atoms with Crippen LogP contribution in [0, 0.1) is 17.8 Å². The van der Waals surface area contributed by atoms with Crippen molar-refractivity contribution < 1.29 is 19.5 Å². The molecule has 1 aromatic carbocycles. The molecule has 6 heteroatoms. The summed E-state index contributed by atoms with van der Waals surface area (Å²) in [5.41, 5.74) is 0.618. The van der Waals surface area contributed by atoms with E-state index in [4.69, 9.17) is 0 Å². The number of carboxylic acids is 1. The van der Waals surface area contributed by atoms with Crippen LogP contribution in [0.25, 0.3) is 0 Å². The molecular formula is C23H30N2O4. The molecule has 0 bridgehead atoms. The van der Waals surface area contributed by atoms with E-state index in [1.807, 2.05) is 42.2 Å². The lowest BCUT2D eigenvalue weighted by molar-refractivity contribution is -0.148. The van der Waals surface area contributed by atoms with Crippen LogP contribution in [0.2, 0.25) is 0 Å². The van der Waals surface area contributed by atoms with E-state index < -0.39 is 17.9 Å². The Morgan fingerprint density at radius 3 is 2.45 bits per heavy atom. The predicted molar refractivity (Wildman–Crippen MR) is 108 cm³/mol. The molecule has 3 fully saturated rings. The van der Waals surface area contributed by atoms with Crippen molar-refractivity contribution in [2.24, 2.45) is 17.8 Å². The van der Waals surface area contributed by atoms with Crippen LogP contribution in [0.15, 0.2) is 30.3 Å². The van der Waals surface area contributed by atoms with Crippen molar-refractivity contribution in [3.8, 4) is 0 Å². The highest BCUT2D eigenvalue weighted by atomic mass is 16.4. The summed E-state index contributed by atoms with van der Waals surface area (Å²) in [5.74, 6) is -0.991. The second-order valence-electron chi connectivity index (χ2n) is 9.06.